The Bertz CT molecular complexity index is 1250. The van der Waals surface area contributed by atoms with E-state index in [4.69, 9.17) is 4.74 Å². The number of hydrogen-bond donors (Lipinski definition) is 1. The van der Waals surface area contributed by atoms with Crippen molar-refractivity contribution in [3.05, 3.63) is 47.5 Å². The molecule has 1 aromatic carbocycles. The zero-order valence-electron chi connectivity index (χ0n) is 26.5. The molecular weight excluding hydrogens is 508 g/mol. The normalized spacial score (nSPS) is 46.6. The number of fused-ring (bicyclic) bond motifs is 7. The number of hydrogen-bond acceptors (Lipinski definition) is 3. The molecule has 10 atom stereocenters. The highest BCUT2D eigenvalue weighted by atomic mass is 16.5. The summed E-state index contributed by atoms with van der Waals surface area (Å²) in [5.41, 5.74) is 1.75. The molecule has 0 radical (unpaired) electrons. The summed E-state index contributed by atoms with van der Waals surface area (Å²) in [4.78, 5) is 26.0. The molecule has 0 aliphatic heterocycles. The number of esters is 1. The van der Waals surface area contributed by atoms with Gasteiger partial charge in [0.15, 0.2) is 0 Å². The zero-order chi connectivity index (χ0) is 29.6. The highest BCUT2D eigenvalue weighted by molar-refractivity contribution is 5.89. The Hall–Kier alpha value is -2.10. The molecule has 41 heavy (non-hydrogen) atoms. The summed E-state index contributed by atoms with van der Waals surface area (Å²) in [5, 5.41) is 10.6. The summed E-state index contributed by atoms with van der Waals surface area (Å²) in [5.74, 6) is 1.36. The number of allylic oxidation sites excluding steroid dienone is 2. The van der Waals surface area contributed by atoms with E-state index in [-0.39, 0.29) is 39.7 Å². The molecule has 4 saturated carbocycles. The lowest BCUT2D eigenvalue weighted by atomic mass is 9.33. The van der Waals surface area contributed by atoms with Crippen LogP contribution in [0.5, 0.6) is 0 Å². The van der Waals surface area contributed by atoms with Gasteiger partial charge in [0.05, 0.1) is 11.0 Å². The Labute approximate surface area is 247 Å². The lowest BCUT2D eigenvalue weighted by molar-refractivity contribution is -0.206. The minimum Gasteiger partial charge on any atom is -0.481 e. The van der Waals surface area contributed by atoms with E-state index in [0.29, 0.717) is 29.2 Å². The molecule has 1 aromatic rings. The van der Waals surface area contributed by atoms with Crippen LogP contribution < -0.4 is 0 Å². The molecule has 10 unspecified atom stereocenters. The molecule has 4 fully saturated rings. The lowest BCUT2D eigenvalue weighted by Gasteiger charge is -2.71. The minimum atomic E-state index is -0.593. The summed E-state index contributed by atoms with van der Waals surface area (Å²) in [6.07, 6.45) is 11.4. The molecule has 0 saturated heterocycles. The third kappa shape index (κ3) is 3.83. The number of carbonyl (C=O) groups is 2. The van der Waals surface area contributed by atoms with E-state index in [1.807, 2.05) is 30.3 Å². The zero-order valence-corrected chi connectivity index (χ0v) is 26.5. The van der Waals surface area contributed by atoms with Crippen LogP contribution in [0.15, 0.2) is 42.0 Å². The molecule has 0 spiro atoms. The smallest absolute Gasteiger partial charge is 0.338 e. The van der Waals surface area contributed by atoms with Crippen LogP contribution in [0.4, 0.5) is 0 Å². The monoisotopic (exact) mass is 560 g/mol. The number of ether oxygens (including phenoxy) is 1. The first kappa shape index (κ1) is 29.0. The second kappa shape index (κ2) is 9.45. The number of benzene rings is 1. The number of aliphatic carboxylic acids is 1. The largest absolute Gasteiger partial charge is 0.481 e. The van der Waals surface area contributed by atoms with Gasteiger partial charge in [-0.05, 0) is 116 Å². The average molecular weight is 561 g/mol. The summed E-state index contributed by atoms with van der Waals surface area (Å²) in [6.45, 7) is 17.0. The number of carboxylic acid groups (broad SMARTS) is 1. The van der Waals surface area contributed by atoms with Gasteiger partial charge in [0.2, 0.25) is 0 Å². The van der Waals surface area contributed by atoms with Gasteiger partial charge in [-0.25, -0.2) is 4.79 Å². The molecule has 0 amide bonds. The van der Waals surface area contributed by atoms with E-state index >= 15 is 0 Å². The van der Waals surface area contributed by atoms with Crippen molar-refractivity contribution in [2.75, 3.05) is 0 Å². The summed E-state index contributed by atoms with van der Waals surface area (Å²) in [6, 6.07) is 9.41. The first-order valence-corrected chi connectivity index (χ1v) is 16.4. The molecule has 0 bridgehead atoms. The quantitative estimate of drug-likeness (QED) is 0.296. The van der Waals surface area contributed by atoms with Crippen LogP contribution in [0.1, 0.15) is 117 Å². The van der Waals surface area contributed by atoms with Crippen molar-refractivity contribution < 1.29 is 19.4 Å². The predicted molar refractivity (Wildman–Crippen MR) is 162 cm³/mol. The van der Waals surface area contributed by atoms with Crippen molar-refractivity contribution in [3.8, 4) is 0 Å². The Kier molecular flexibility index (Phi) is 6.68. The van der Waals surface area contributed by atoms with Crippen molar-refractivity contribution in [1.82, 2.24) is 0 Å². The average Bonchev–Trinajstić information content (AvgIpc) is 2.93. The van der Waals surface area contributed by atoms with Crippen LogP contribution >= 0.6 is 0 Å². The SMILES string of the molecule is CC1CCC2(C(=O)O)CCC3(C)C(=CCC4C5(C)CCC(OC(=O)c6ccccc6)C(C)(C)C5CCC43C)C2C1C. The van der Waals surface area contributed by atoms with Gasteiger partial charge in [0.1, 0.15) is 6.10 Å². The third-order valence-corrected chi connectivity index (χ3v) is 14.6. The van der Waals surface area contributed by atoms with Gasteiger partial charge in [0, 0.05) is 5.41 Å². The standard InChI is InChI=1S/C37H52O4/c1-23-15-20-37(32(39)40)22-21-35(6)26(30(37)24(23)2)13-14-28-34(5)18-17-29(41-31(38)25-11-9-8-10-12-25)33(3,4)27(34)16-19-36(28,35)7/h8-13,23-24,27-30H,14-22H2,1-7H3,(H,39,40). The third-order valence-electron chi connectivity index (χ3n) is 14.6. The van der Waals surface area contributed by atoms with Crippen molar-refractivity contribution >= 4 is 11.9 Å². The molecular formula is C37H52O4. The summed E-state index contributed by atoms with van der Waals surface area (Å²) in [7, 11) is 0. The predicted octanol–water partition coefficient (Wildman–Crippen LogP) is 8.95. The Morgan fingerprint density at radius 1 is 0.854 bits per heavy atom. The molecule has 4 nitrogen and oxygen atoms in total. The number of rotatable bonds is 3. The van der Waals surface area contributed by atoms with Crippen molar-refractivity contribution in [2.45, 2.75) is 112 Å². The lowest BCUT2D eigenvalue weighted by Crippen LogP contribution is -2.65. The molecule has 4 heteroatoms. The second-order valence-electron chi connectivity index (χ2n) is 16.2. The maximum atomic E-state index is 13.1. The highest BCUT2D eigenvalue weighted by Gasteiger charge is 2.69. The van der Waals surface area contributed by atoms with E-state index in [9.17, 15) is 14.7 Å². The van der Waals surface area contributed by atoms with Gasteiger partial charge in [-0.2, -0.15) is 0 Å². The van der Waals surface area contributed by atoms with Crippen LogP contribution in [-0.4, -0.2) is 23.1 Å². The first-order valence-electron chi connectivity index (χ1n) is 16.4. The van der Waals surface area contributed by atoms with Crippen molar-refractivity contribution in [3.63, 3.8) is 0 Å². The molecule has 0 heterocycles. The van der Waals surface area contributed by atoms with E-state index < -0.39 is 11.4 Å². The highest BCUT2D eigenvalue weighted by Crippen LogP contribution is 2.75. The maximum Gasteiger partial charge on any atom is 0.338 e. The molecule has 6 rings (SSSR count). The van der Waals surface area contributed by atoms with Crippen LogP contribution in [0, 0.1) is 56.7 Å². The Morgan fingerprint density at radius 2 is 1.56 bits per heavy atom. The van der Waals surface area contributed by atoms with Gasteiger partial charge in [-0.1, -0.05) is 78.3 Å². The van der Waals surface area contributed by atoms with Crippen LogP contribution in [0.3, 0.4) is 0 Å². The Morgan fingerprint density at radius 3 is 2.24 bits per heavy atom. The molecule has 0 aromatic heterocycles. The maximum absolute atomic E-state index is 13.1. The Balaban J connectivity index is 1.33. The fourth-order valence-electron chi connectivity index (χ4n) is 11.8. The molecule has 5 aliphatic rings. The van der Waals surface area contributed by atoms with E-state index in [0.717, 1.165) is 57.8 Å². The van der Waals surface area contributed by atoms with Crippen LogP contribution in [-0.2, 0) is 9.53 Å². The topological polar surface area (TPSA) is 63.6 Å². The second-order valence-corrected chi connectivity index (χ2v) is 16.2. The number of carbonyl (C=O) groups excluding carboxylic acids is 1. The van der Waals surface area contributed by atoms with E-state index in [2.05, 4.69) is 54.5 Å². The van der Waals surface area contributed by atoms with E-state index in [1.165, 1.54) is 5.57 Å². The van der Waals surface area contributed by atoms with Crippen molar-refractivity contribution in [2.24, 2.45) is 56.7 Å². The summed E-state index contributed by atoms with van der Waals surface area (Å²) >= 11 is 0. The first-order chi connectivity index (χ1) is 19.2. The summed E-state index contributed by atoms with van der Waals surface area (Å²) < 4.78 is 6.26. The number of carboxylic acids is 1. The van der Waals surface area contributed by atoms with E-state index in [1.54, 1.807) is 0 Å². The van der Waals surface area contributed by atoms with Gasteiger partial charge in [-0.15, -0.1) is 0 Å². The van der Waals surface area contributed by atoms with Crippen LogP contribution in [0.2, 0.25) is 0 Å². The fraction of sp³-hybridized carbons (Fsp3) is 0.730. The van der Waals surface area contributed by atoms with Gasteiger partial charge >= 0.3 is 11.9 Å². The molecule has 1 N–H and O–H groups in total. The molecule has 224 valence electrons. The van der Waals surface area contributed by atoms with Gasteiger partial charge < -0.3 is 9.84 Å². The van der Waals surface area contributed by atoms with Gasteiger partial charge in [0.25, 0.3) is 0 Å². The minimum absolute atomic E-state index is 0.0274. The molecule has 5 aliphatic carbocycles. The van der Waals surface area contributed by atoms with Gasteiger partial charge in [-0.3, -0.25) is 4.79 Å². The van der Waals surface area contributed by atoms with Crippen LogP contribution in [0.25, 0.3) is 0 Å². The van der Waals surface area contributed by atoms with Crippen molar-refractivity contribution in [1.29, 1.82) is 0 Å². The fourth-order valence-corrected chi connectivity index (χ4v) is 11.8.